The zero-order chi connectivity index (χ0) is 24.0. The molecule has 1 aliphatic carbocycles. The topological polar surface area (TPSA) is 71.5 Å². The summed E-state index contributed by atoms with van der Waals surface area (Å²) in [6, 6.07) is 19.3. The van der Waals surface area contributed by atoms with E-state index in [0.717, 1.165) is 35.4 Å². The van der Waals surface area contributed by atoms with Gasteiger partial charge < -0.3 is 15.0 Å². The first-order valence-electron chi connectivity index (χ1n) is 12.2. The largest absolute Gasteiger partial charge is 0.474 e. The number of anilines is 1. The van der Waals surface area contributed by atoms with Crippen molar-refractivity contribution < 1.29 is 14.3 Å². The molecule has 0 radical (unpaired) electrons. The SMILES string of the molecule is O=C(NCc1ccc(OC2CCCC2)nc1)c1ccccc1SCC(=O)N1CCc2ccccc21. The first kappa shape index (κ1) is 23.4. The number of aromatic nitrogens is 1. The average molecular weight is 488 g/mol. The van der Waals surface area contributed by atoms with Crippen LogP contribution in [-0.4, -0.2) is 35.2 Å². The minimum Gasteiger partial charge on any atom is -0.474 e. The lowest BCUT2D eigenvalue weighted by molar-refractivity contribution is -0.116. The molecule has 2 amide bonds. The van der Waals surface area contributed by atoms with E-state index in [2.05, 4.69) is 16.4 Å². The number of rotatable bonds is 8. The van der Waals surface area contributed by atoms with Crippen LogP contribution in [0.1, 0.15) is 47.2 Å². The molecule has 0 atom stereocenters. The van der Waals surface area contributed by atoms with Crippen molar-refractivity contribution in [2.24, 2.45) is 0 Å². The summed E-state index contributed by atoms with van der Waals surface area (Å²) in [5, 5.41) is 2.98. The van der Waals surface area contributed by atoms with Crippen molar-refractivity contribution in [2.75, 3.05) is 17.2 Å². The summed E-state index contributed by atoms with van der Waals surface area (Å²) in [6.07, 6.45) is 7.52. The summed E-state index contributed by atoms with van der Waals surface area (Å²) in [7, 11) is 0. The van der Waals surface area contributed by atoms with Crippen molar-refractivity contribution in [3.63, 3.8) is 0 Å². The number of carbonyl (C=O) groups excluding carboxylic acids is 2. The number of thioether (sulfide) groups is 1. The lowest BCUT2D eigenvalue weighted by atomic mass is 10.2. The third-order valence-electron chi connectivity index (χ3n) is 6.51. The van der Waals surface area contributed by atoms with Gasteiger partial charge in [-0.1, -0.05) is 36.4 Å². The minimum absolute atomic E-state index is 0.0566. The van der Waals surface area contributed by atoms with Crippen LogP contribution in [0.2, 0.25) is 0 Å². The van der Waals surface area contributed by atoms with Crippen LogP contribution < -0.4 is 15.0 Å². The Morgan fingerprint density at radius 3 is 2.66 bits per heavy atom. The fraction of sp³-hybridized carbons (Fsp3) is 0.321. The third kappa shape index (κ3) is 5.68. The molecule has 2 heterocycles. The van der Waals surface area contributed by atoms with Crippen molar-refractivity contribution >= 4 is 29.3 Å². The summed E-state index contributed by atoms with van der Waals surface area (Å²) in [5.74, 6) is 0.809. The second-order valence-corrected chi connectivity index (χ2v) is 9.94. The van der Waals surface area contributed by atoms with Crippen LogP contribution in [0.3, 0.4) is 0 Å². The van der Waals surface area contributed by atoms with E-state index in [1.165, 1.54) is 30.2 Å². The molecule has 35 heavy (non-hydrogen) atoms. The van der Waals surface area contributed by atoms with Gasteiger partial charge in [0.15, 0.2) is 0 Å². The van der Waals surface area contributed by atoms with E-state index in [1.54, 1.807) is 12.3 Å². The molecule has 7 heteroatoms. The van der Waals surface area contributed by atoms with Gasteiger partial charge in [-0.05, 0) is 61.4 Å². The first-order valence-corrected chi connectivity index (χ1v) is 13.2. The lowest BCUT2D eigenvalue weighted by Gasteiger charge is -2.17. The Bertz CT molecular complexity index is 1190. The molecule has 3 aromatic rings. The van der Waals surface area contributed by atoms with E-state index in [4.69, 9.17) is 4.74 Å². The van der Waals surface area contributed by atoms with Gasteiger partial charge in [-0.15, -0.1) is 11.8 Å². The van der Waals surface area contributed by atoms with Gasteiger partial charge in [0, 0.05) is 35.9 Å². The van der Waals surface area contributed by atoms with Crippen LogP contribution in [-0.2, 0) is 17.8 Å². The maximum absolute atomic E-state index is 12.9. The fourth-order valence-electron chi connectivity index (χ4n) is 4.63. The monoisotopic (exact) mass is 487 g/mol. The smallest absolute Gasteiger partial charge is 0.252 e. The molecule has 0 unspecified atom stereocenters. The number of carbonyl (C=O) groups is 2. The zero-order valence-corrected chi connectivity index (χ0v) is 20.4. The highest BCUT2D eigenvalue weighted by Crippen LogP contribution is 2.30. The van der Waals surface area contributed by atoms with Crippen LogP contribution in [0.15, 0.2) is 71.8 Å². The lowest BCUT2D eigenvalue weighted by Crippen LogP contribution is -2.30. The highest BCUT2D eigenvalue weighted by Gasteiger charge is 2.24. The standard InChI is InChI=1S/C28H29N3O3S/c32-27(31-16-15-21-7-1-5-11-24(21)31)19-35-25-12-6-4-10-23(25)28(33)30-18-20-13-14-26(29-17-20)34-22-8-2-3-9-22/h1,4-7,10-14,17,22H,2-3,8-9,15-16,18-19H2,(H,30,33). The van der Waals surface area contributed by atoms with Crippen molar-refractivity contribution in [3.05, 3.63) is 83.6 Å². The van der Waals surface area contributed by atoms with Crippen LogP contribution in [0.25, 0.3) is 0 Å². The van der Waals surface area contributed by atoms with Gasteiger partial charge in [-0.3, -0.25) is 9.59 Å². The quantitative estimate of drug-likeness (QED) is 0.452. The molecule has 1 N–H and O–H groups in total. The number of ether oxygens (including phenoxy) is 1. The molecular formula is C28H29N3O3S. The van der Waals surface area contributed by atoms with E-state index >= 15 is 0 Å². The van der Waals surface area contributed by atoms with Gasteiger partial charge in [-0.2, -0.15) is 0 Å². The molecule has 1 fully saturated rings. The molecule has 6 nitrogen and oxygen atoms in total. The van der Waals surface area contributed by atoms with Gasteiger partial charge in [0.05, 0.1) is 11.3 Å². The summed E-state index contributed by atoms with van der Waals surface area (Å²) in [5.41, 5.74) is 3.68. The summed E-state index contributed by atoms with van der Waals surface area (Å²) < 4.78 is 5.91. The Balaban J connectivity index is 1.16. The molecule has 2 aromatic carbocycles. The highest BCUT2D eigenvalue weighted by atomic mass is 32.2. The van der Waals surface area contributed by atoms with Crippen molar-refractivity contribution in [1.82, 2.24) is 10.3 Å². The van der Waals surface area contributed by atoms with E-state index in [9.17, 15) is 9.59 Å². The number of fused-ring (bicyclic) bond motifs is 1. The van der Waals surface area contributed by atoms with Crippen LogP contribution >= 0.6 is 11.8 Å². The number of para-hydroxylation sites is 1. The first-order chi connectivity index (χ1) is 17.2. The second kappa shape index (κ2) is 11.0. The normalized spacial score (nSPS) is 15.1. The predicted octanol–water partition coefficient (Wildman–Crippen LogP) is 5.01. The number of benzene rings is 2. The zero-order valence-electron chi connectivity index (χ0n) is 19.6. The number of nitrogens with one attached hydrogen (secondary N) is 1. The van der Waals surface area contributed by atoms with E-state index in [0.29, 0.717) is 24.5 Å². The van der Waals surface area contributed by atoms with Crippen molar-refractivity contribution in [1.29, 1.82) is 0 Å². The van der Waals surface area contributed by atoms with Crippen LogP contribution in [0.4, 0.5) is 5.69 Å². The average Bonchev–Trinajstić information content (AvgIpc) is 3.57. The number of hydrogen-bond donors (Lipinski definition) is 1. The molecule has 1 saturated carbocycles. The Kier molecular flexibility index (Phi) is 7.33. The molecular weight excluding hydrogens is 458 g/mol. The number of pyridine rings is 1. The van der Waals surface area contributed by atoms with Gasteiger partial charge in [0.2, 0.25) is 11.8 Å². The minimum atomic E-state index is -0.168. The molecule has 0 saturated heterocycles. The van der Waals surface area contributed by atoms with Crippen LogP contribution in [0, 0.1) is 0 Å². The molecule has 2 aliphatic rings. The summed E-state index contributed by atoms with van der Waals surface area (Å²) in [6.45, 7) is 1.08. The Hall–Kier alpha value is -3.32. The van der Waals surface area contributed by atoms with E-state index in [1.807, 2.05) is 53.4 Å². The third-order valence-corrected chi connectivity index (χ3v) is 7.57. The highest BCUT2D eigenvalue weighted by molar-refractivity contribution is 8.00. The molecule has 180 valence electrons. The van der Waals surface area contributed by atoms with Gasteiger partial charge in [0.25, 0.3) is 5.91 Å². The van der Waals surface area contributed by atoms with Gasteiger partial charge in [-0.25, -0.2) is 4.98 Å². The van der Waals surface area contributed by atoms with Gasteiger partial charge >= 0.3 is 0 Å². The second-order valence-electron chi connectivity index (χ2n) is 8.92. The molecule has 0 spiro atoms. The molecule has 0 bridgehead atoms. The van der Waals surface area contributed by atoms with E-state index in [-0.39, 0.29) is 23.7 Å². The number of nitrogens with zero attached hydrogens (tertiary/aromatic N) is 2. The molecule has 1 aliphatic heterocycles. The fourth-order valence-corrected chi connectivity index (χ4v) is 5.56. The van der Waals surface area contributed by atoms with Crippen molar-refractivity contribution in [2.45, 2.75) is 49.6 Å². The Morgan fingerprint density at radius 1 is 1.03 bits per heavy atom. The molecule has 1 aromatic heterocycles. The number of amides is 2. The Labute approximate surface area is 210 Å². The maximum Gasteiger partial charge on any atom is 0.252 e. The van der Waals surface area contributed by atoms with E-state index < -0.39 is 0 Å². The van der Waals surface area contributed by atoms with Crippen LogP contribution in [0.5, 0.6) is 5.88 Å². The summed E-state index contributed by atoms with van der Waals surface area (Å²) >= 11 is 1.40. The number of hydrogen-bond acceptors (Lipinski definition) is 5. The summed E-state index contributed by atoms with van der Waals surface area (Å²) in [4.78, 5) is 32.9. The molecule has 5 rings (SSSR count). The predicted molar refractivity (Wildman–Crippen MR) is 138 cm³/mol. The maximum atomic E-state index is 12.9. The Morgan fingerprint density at radius 2 is 1.83 bits per heavy atom. The van der Waals surface area contributed by atoms with Gasteiger partial charge in [0.1, 0.15) is 6.10 Å². The van der Waals surface area contributed by atoms with Crippen molar-refractivity contribution in [3.8, 4) is 5.88 Å².